The van der Waals surface area contributed by atoms with Gasteiger partial charge in [0.15, 0.2) is 4.34 Å². The molecule has 17 heavy (non-hydrogen) atoms. The van der Waals surface area contributed by atoms with Crippen LogP contribution >= 0.6 is 32.4 Å². The van der Waals surface area contributed by atoms with E-state index in [1.807, 2.05) is 18.2 Å². The van der Waals surface area contributed by atoms with E-state index in [1.165, 1.54) is 22.8 Å². The van der Waals surface area contributed by atoms with Crippen LogP contribution in [0.3, 0.4) is 0 Å². The van der Waals surface area contributed by atoms with Gasteiger partial charge in [-0.3, -0.25) is 4.79 Å². The number of thioether (sulfide) groups is 1. The molecule has 1 heterocycles. The maximum absolute atomic E-state index is 10.8. The molecular weight excluding hydrogens is 272 g/mol. The van der Waals surface area contributed by atoms with E-state index in [2.05, 4.69) is 22.1 Å². The summed E-state index contributed by atoms with van der Waals surface area (Å²) in [6, 6.07) is 10.2. The maximum atomic E-state index is 10.8. The first-order valence-corrected chi connectivity index (χ1v) is 8.07. The molecule has 1 aromatic carbocycles. The lowest BCUT2D eigenvalue weighted by atomic mass is 10.2. The molecule has 0 aliphatic rings. The van der Waals surface area contributed by atoms with E-state index >= 15 is 0 Å². The largest absolute Gasteiger partial charge is 0.273 e. The average Bonchev–Trinajstić information content (AvgIpc) is 2.75. The molecule has 0 bridgehead atoms. The predicted molar refractivity (Wildman–Crippen MR) is 72.2 cm³/mol. The number of carbonyl (C=O) groups is 1. The summed E-state index contributed by atoms with van der Waals surface area (Å²) in [6.45, 7) is 1.43. The number of aromatic nitrogens is 1. The van der Waals surface area contributed by atoms with E-state index in [9.17, 15) is 4.79 Å². The van der Waals surface area contributed by atoms with E-state index < -0.39 is 0 Å². The molecular formula is C11H10N2OS3. The fraction of sp³-hybridized carbons (Fsp3) is 0.182. The van der Waals surface area contributed by atoms with E-state index in [4.69, 9.17) is 0 Å². The van der Waals surface area contributed by atoms with Gasteiger partial charge in [-0.1, -0.05) is 42.1 Å². The number of hydrogen-bond donors (Lipinski definition) is 0. The zero-order chi connectivity index (χ0) is 12.1. The van der Waals surface area contributed by atoms with Crippen LogP contribution in [0.15, 0.2) is 39.7 Å². The molecule has 0 atom stereocenters. The average molecular weight is 282 g/mol. The normalized spacial score (nSPS) is 11.7. The van der Waals surface area contributed by atoms with Gasteiger partial charge in [-0.25, -0.2) is 0 Å². The third-order valence-corrected chi connectivity index (χ3v) is 5.39. The Morgan fingerprint density at radius 1 is 1.35 bits per heavy atom. The molecule has 0 fully saturated rings. The van der Waals surface area contributed by atoms with Crippen molar-refractivity contribution in [1.29, 1.82) is 0 Å². The summed E-state index contributed by atoms with van der Waals surface area (Å²) in [7, 11) is 2.99. The second kappa shape index (κ2) is 6.09. The van der Waals surface area contributed by atoms with Gasteiger partial charge in [-0.05, 0) is 26.2 Å². The Kier molecular flexibility index (Phi) is 4.47. The van der Waals surface area contributed by atoms with E-state index in [0.29, 0.717) is 4.80 Å². The third-order valence-electron chi connectivity index (χ3n) is 1.83. The van der Waals surface area contributed by atoms with Gasteiger partial charge in [0.2, 0.25) is 10.7 Å². The molecule has 1 aromatic heterocycles. The van der Waals surface area contributed by atoms with Crippen LogP contribution < -0.4 is 4.80 Å². The second-order valence-corrected chi connectivity index (χ2v) is 6.54. The third kappa shape index (κ3) is 4.07. The highest BCUT2D eigenvalue weighted by atomic mass is 32.9. The van der Waals surface area contributed by atoms with Crippen LogP contribution in [0.4, 0.5) is 0 Å². The molecule has 3 nitrogen and oxygen atoms in total. The molecule has 0 unspecified atom stereocenters. The molecule has 0 spiro atoms. The first kappa shape index (κ1) is 12.5. The highest BCUT2D eigenvalue weighted by Crippen LogP contribution is 2.24. The van der Waals surface area contributed by atoms with Crippen molar-refractivity contribution < 1.29 is 4.79 Å². The summed E-state index contributed by atoms with van der Waals surface area (Å²) in [6.07, 6.45) is 0. The maximum Gasteiger partial charge on any atom is 0.245 e. The lowest BCUT2D eigenvalue weighted by Gasteiger charge is -1.96. The Morgan fingerprint density at radius 2 is 2.12 bits per heavy atom. The number of benzene rings is 1. The molecule has 6 heteroatoms. The summed E-state index contributed by atoms with van der Waals surface area (Å²) in [5, 5.41) is 0. The highest BCUT2D eigenvalue weighted by Gasteiger charge is 2.01. The molecule has 0 radical (unpaired) electrons. The zero-order valence-corrected chi connectivity index (χ0v) is 11.6. The van der Waals surface area contributed by atoms with Gasteiger partial charge in [-0.15, -0.1) is 0 Å². The molecule has 2 aromatic rings. The van der Waals surface area contributed by atoms with Crippen molar-refractivity contribution in [3.8, 4) is 0 Å². The van der Waals surface area contributed by atoms with Gasteiger partial charge >= 0.3 is 0 Å². The monoisotopic (exact) mass is 282 g/mol. The Morgan fingerprint density at radius 3 is 2.82 bits per heavy atom. The smallest absolute Gasteiger partial charge is 0.245 e. The van der Waals surface area contributed by atoms with Gasteiger partial charge in [-0.2, -0.15) is 9.98 Å². The molecule has 0 saturated heterocycles. The minimum Gasteiger partial charge on any atom is -0.273 e. The number of amides is 1. The predicted octanol–water partition coefficient (Wildman–Crippen LogP) is 2.94. The molecule has 1 amide bonds. The van der Waals surface area contributed by atoms with Crippen molar-refractivity contribution in [3.05, 3.63) is 40.7 Å². The standard InChI is InChI=1S/C11H10N2OS3/c1-8(14)12-10-13-11(17-16-10)15-7-9-5-3-2-4-6-9/h2-6H,7H2,1H3. The summed E-state index contributed by atoms with van der Waals surface area (Å²) in [5.41, 5.74) is 1.27. The number of nitrogens with zero attached hydrogens (tertiary/aromatic N) is 2. The molecule has 2 rings (SSSR count). The zero-order valence-electron chi connectivity index (χ0n) is 9.12. The van der Waals surface area contributed by atoms with Crippen LogP contribution in [0.1, 0.15) is 12.5 Å². The van der Waals surface area contributed by atoms with Crippen LogP contribution in [-0.2, 0) is 10.5 Å². The number of rotatable bonds is 3. The number of carbonyl (C=O) groups excluding carboxylic acids is 1. The minimum atomic E-state index is -0.203. The Hall–Kier alpha value is -0.980. The minimum absolute atomic E-state index is 0.203. The lowest BCUT2D eigenvalue weighted by molar-refractivity contribution is -0.116. The Bertz CT molecular complexity index is 559. The summed E-state index contributed by atoms with van der Waals surface area (Å²) < 4.78 is 0.957. The summed E-state index contributed by atoms with van der Waals surface area (Å²) in [4.78, 5) is 19.4. The van der Waals surface area contributed by atoms with Crippen LogP contribution in [0.2, 0.25) is 0 Å². The van der Waals surface area contributed by atoms with Crippen LogP contribution in [0.5, 0.6) is 0 Å². The van der Waals surface area contributed by atoms with Crippen molar-refractivity contribution in [2.75, 3.05) is 0 Å². The number of hydrogen-bond acceptors (Lipinski definition) is 5. The van der Waals surface area contributed by atoms with Gasteiger partial charge in [0.25, 0.3) is 0 Å². The quantitative estimate of drug-likeness (QED) is 0.642. The molecule has 88 valence electrons. The Balaban J connectivity index is 2.01. The van der Waals surface area contributed by atoms with E-state index in [1.54, 1.807) is 22.1 Å². The van der Waals surface area contributed by atoms with Crippen molar-refractivity contribution in [2.24, 2.45) is 4.99 Å². The highest BCUT2D eigenvalue weighted by molar-refractivity contribution is 8.01. The van der Waals surface area contributed by atoms with Gasteiger partial charge in [0.05, 0.1) is 0 Å². The van der Waals surface area contributed by atoms with Gasteiger partial charge < -0.3 is 0 Å². The van der Waals surface area contributed by atoms with Crippen molar-refractivity contribution in [1.82, 2.24) is 4.98 Å². The van der Waals surface area contributed by atoms with E-state index in [-0.39, 0.29) is 5.91 Å². The van der Waals surface area contributed by atoms with Crippen molar-refractivity contribution in [2.45, 2.75) is 17.0 Å². The molecule has 0 aliphatic heterocycles. The molecule has 0 aliphatic carbocycles. The topological polar surface area (TPSA) is 42.3 Å². The van der Waals surface area contributed by atoms with Crippen LogP contribution in [-0.4, -0.2) is 10.9 Å². The molecule has 0 saturated carbocycles. The van der Waals surface area contributed by atoms with Crippen LogP contribution in [0, 0.1) is 0 Å². The fourth-order valence-electron chi connectivity index (χ4n) is 1.14. The van der Waals surface area contributed by atoms with Crippen molar-refractivity contribution >= 4 is 38.3 Å². The van der Waals surface area contributed by atoms with Crippen molar-refractivity contribution in [3.63, 3.8) is 0 Å². The molecule has 0 N–H and O–H groups in total. The van der Waals surface area contributed by atoms with Crippen LogP contribution in [0.25, 0.3) is 0 Å². The first-order valence-electron chi connectivity index (χ1n) is 4.93. The summed E-state index contributed by atoms with van der Waals surface area (Å²) >= 11 is 1.67. The first-order chi connectivity index (χ1) is 8.24. The SMILES string of the molecule is CC(=O)N=c1nc(SCc2ccccc2)ss1. The Labute approximate surface area is 111 Å². The fourth-order valence-corrected chi connectivity index (χ4v) is 4.34. The second-order valence-electron chi connectivity index (χ2n) is 3.23. The van der Waals surface area contributed by atoms with Gasteiger partial charge in [0, 0.05) is 12.7 Å². The lowest BCUT2D eigenvalue weighted by Crippen LogP contribution is -2.01. The summed E-state index contributed by atoms with van der Waals surface area (Å²) in [5.74, 6) is 0.687. The van der Waals surface area contributed by atoms with Gasteiger partial charge in [0.1, 0.15) is 0 Å². The van der Waals surface area contributed by atoms with E-state index in [0.717, 1.165) is 10.1 Å².